The van der Waals surface area contributed by atoms with Gasteiger partial charge in [-0.1, -0.05) is 23.7 Å². The third kappa shape index (κ3) is 3.88. The average molecular weight is 478 g/mol. The van der Waals surface area contributed by atoms with Crippen LogP contribution in [0.15, 0.2) is 58.6 Å². The van der Waals surface area contributed by atoms with Crippen molar-refractivity contribution >= 4 is 46.4 Å². The van der Waals surface area contributed by atoms with Gasteiger partial charge in [0, 0.05) is 5.56 Å². The van der Waals surface area contributed by atoms with E-state index in [0.29, 0.717) is 34.2 Å². The van der Waals surface area contributed by atoms with Crippen molar-refractivity contribution in [1.29, 1.82) is 0 Å². The van der Waals surface area contributed by atoms with E-state index in [9.17, 15) is 14.0 Å². The standard InChI is InChI=1S/C23H17ClFN7O2/c1-12(30-21-15-9-18(33)26-10-27-20(15)28-11-29-21)22-31-17-7-3-6-16(24)19(17)23(34)32(22)14-5-2-4-13(25)8-14/h2-8,10-12H,9H2,1H3,(H2,26,27,28,29,30,33). The van der Waals surface area contributed by atoms with Crippen LogP contribution in [0, 0.1) is 5.82 Å². The maximum absolute atomic E-state index is 14.1. The first-order valence-corrected chi connectivity index (χ1v) is 10.7. The van der Waals surface area contributed by atoms with E-state index in [4.69, 9.17) is 11.6 Å². The second-order valence-electron chi connectivity index (χ2n) is 7.61. The number of aromatic nitrogens is 4. The van der Waals surface area contributed by atoms with Gasteiger partial charge in [-0.05, 0) is 37.3 Å². The van der Waals surface area contributed by atoms with Gasteiger partial charge < -0.3 is 10.6 Å². The summed E-state index contributed by atoms with van der Waals surface area (Å²) in [5, 5.41) is 6.56. The summed E-state index contributed by atoms with van der Waals surface area (Å²) in [6, 6.07) is 10.1. The molecule has 34 heavy (non-hydrogen) atoms. The lowest BCUT2D eigenvalue weighted by Gasteiger charge is -2.21. The van der Waals surface area contributed by atoms with E-state index in [1.54, 1.807) is 31.2 Å². The summed E-state index contributed by atoms with van der Waals surface area (Å²) in [5.41, 5.74) is 0.798. The number of halogens is 2. The highest BCUT2D eigenvalue weighted by Crippen LogP contribution is 2.28. The highest BCUT2D eigenvalue weighted by atomic mass is 35.5. The number of benzene rings is 2. The fourth-order valence-electron chi connectivity index (χ4n) is 3.82. The molecule has 0 aliphatic carbocycles. The van der Waals surface area contributed by atoms with Crippen LogP contribution < -0.4 is 16.2 Å². The molecule has 4 aromatic rings. The molecule has 2 N–H and O–H groups in total. The second-order valence-corrected chi connectivity index (χ2v) is 8.02. The maximum atomic E-state index is 14.1. The summed E-state index contributed by atoms with van der Waals surface area (Å²) in [5.74, 6) is 0.282. The van der Waals surface area contributed by atoms with Crippen molar-refractivity contribution in [3.05, 3.63) is 81.4 Å². The fourth-order valence-corrected chi connectivity index (χ4v) is 4.07. The first-order chi connectivity index (χ1) is 16.4. The topological polar surface area (TPSA) is 114 Å². The number of hydrogen-bond acceptors (Lipinski definition) is 7. The predicted octanol–water partition coefficient (Wildman–Crippen LogP) is 3.66. The van der Waals surface area contributed by atoms with E-state index in [1.165, 1.54) is 35.4 Å². The Labute approximate surface area is 197 Å². The maximum Gasteiger partial charge on any atom is 0.267 e. The first kappa shape index (κ1) is 21.7. The SMILES string of the molecule is CC(Nc1ncnc2c1CC(=O)N=CN2)c1nc2cccc(Cl)c2c(=O)n1-c1cccc(F)c1. The van der Waals surface area contributed by atoms with Crippen molar-refractivity contribution in [2.75, 3.05) is 10.6 Å². The van der Waals surface area contributed by atoms with Gasteiger partial charge in [0.15, 0.2) is 0 Å². The van der Waals surface area contributed by atoms with E-state index in [2.05, 4.69) is 30.6 Å². The molecule has 1 atom stereocenters. The molecule has 5 rings (SSSR count). The second kappa shape index (κ2) is 8.64. The summed E-state index contributed by atoms with van der Waals surface area (Å²) < 4.78 is 15.4. The van der Waals surface area contributed by atoms with Crippen molar-refractivity contribution in [1.82, 2.24) is 19.5 Å². The average Bonchev–Trinajstić information content (AvgIpc) is 3.00. The van der Waals surface area contributed by atoms with Gasteiger partial charge in [0.1, 0.15) is 29.6 Å². The molecule has 0 bridgehead atoms. The Morgan fingerprint density at radius 2 is 2.00 bits per heavy atom. The Bertz CT molecular complexity index is 1540. The van der Waals surface area contributed by atoms with Gasteiger partial charge in [0.25, 0.3) is 11.5 Å². The van der Waals surface area contributed by atoms with Crippen molar-refractivity contribution in [3.8, 4) is 5.69 Å². The zero-order valence-corrected chi connectivity index (χ0v) is 18.5. The fraction of sp³-hybridized carbons (Fsp3) is 0.130. The smallest absolute Gasteiger partial charge is 0.267 e. The largest absolute Gasteiger partial charge is 0.360 e. The van der Waals surface area contributed by atoms with Crippen molar-refractivity contribution in [3.63, 3.8) is 0 Å². The Hall–Kier alpha value is -4.18. The monoisotopic (exact) mass is 477 g/mol. The van der Waals surface area contributed by atoms with Crippen LogP contribution in [-0.4, -0.2) is 31.8 Å². The van der Waals surface area contributed by atoms with Crippen molar-refractivity contribution < 1.29 is 9.18 Å². The summed E-state index contributed by atoms with van der Waals surface area (Å²) in [6.07, 6.45) is 2.62. The summed E-state index contributed by atoms with van der Waals surface area (Å²) >= 11 is 6.31. The number of carbonyl (C=O) groups excluding carboxylic acids is 1. The number of carbonyl (C=O) groups is 1. The zero-order valence-electron chi connectivity index (χ0n) is 17.8. The van der Waals surface area contributed by atoms with Gasteiger partial charge in [0.05, 0.1) is 40.4 Å². The van der Waals surface area contributed by atoms with E-state index < -0.39 is 17.4 Å². The molecule has 0 saturated carbocycles. The van der Waals surface area contributed by atoms with E-state index in [-0.39, 0.29) is 22.7 Å². The molecule has 0 radical (unpaired) electrons. The van der Waals surface area contributed by atoms with E-state index in [0.717, 1.165) is 0 Å². The van der Waals surface area contributed by atoms with Gasteiger partial charge in [-0.3, -0.25) is 14.2 Å². The molecule has 1 unspecified atom stereocenters. The lowest BCUT2D eigenvalue weighted by molar-refractivity contribution is -0.117. The third-order valence-corrected chi connectivity index (χ3v) is 5.68. The molecule has 9 nitrogen and oxygen atoms in total. The van der Waals surface area contributed by atoms with Crippen LogP contribution >= 0.6 is 11.6 Å². The molecule has 11 heteroatoms. The van der Waals surface area contributed by atoms with Crippen LogP contribution in [-0.2, 0) is 11.2 Å². The number of aliphatic imine (C=N–C) groups is 1. The highest BCUT2D eigenvalue weighted by Gasteiger charge is 2.23. The number of rotatable bonds is 4. The summed E-state index contributed by atoms with van der Waals surface area (Å²) in [4.78, 5) is 42.5. The lowest BCUT2D eigenvalue weighted by atomic mass is 10.1. The van der Waals surface area contributed by atoms with Crippen LogP contribution in [0.4, 0.5) is 16.0 Å². The van der Waals surface area contributed by atoms with Crippen LogP contribution in [0.3, 0.4) is 0 Å². The van der Waals surface area contributed by atoms with Crippen LogP contribution in [0.25, 0.3) is 16.6 Å². The molecule has 0 fully saturated rings. The third-order valence-electron chi connectivity index (χ3n) is 5.36. The van der Waals surface area contributed by atoms with Gasteiger partial charge in [-0.15, -0.1) is 0 Å². The molecule has 0 spiro atoms. The Balaban J connectivity index is 1.67. The van der Waals surface area contributed by atoms with Gasteiger partial charge in [0.2, 0.25) is 0 Å². The van der Waals surface area contributed by atoms with E-state index >= 15 is 0 Å². The lowest BCUT2D eigenvalue weighted by Crippen LogP contribution is -2.28. The number of fused-ring (bicyclic) bond motifs is 2. The predicted molar refractivity (Wildman–Crippen MR) is 127 cm³/mol. The number of anilines is 2. The Morgan fingerprint density at radius 3 is 2.82 bits per heavy atom. The molecule has 2 aromatic carbocycles. The molecule has 2 aromatic heterocycles. The summed E-state index contributed by atoms with van der Waals surface area (Å²) in [6.45, 7) is 1.78. The zero-order chi connectivity index (χ0) is 23.8. The molecule has 170 valence electrons. The molecular formula is C23H17ClFN7O2. The van der Waals surface area contributed by atoms with Crippen LogP contribution in [0.5, 0.6) is 0 Å². The Kier molecular flexibility index (Phi) is 5.50. The molecule has 1 aliphatic rings. The summed E-state index contributed by atoms with van der Waals surface area (Å²) in [7, 11) is 0. The normalized spacial score (nSPS) is 13.8. The number of nitrogens with zero attached hydrogens (tertiary/aromatic N) is 5. The minimum atomic E-state index is -0.586. The van der Waals surface area contributed by atoms with Crippen molar-refractivity contribution in [2.45, 2.75) is 19.4 Å². The molecule has 1 amide bonds. The number of nitrogens with one attached hydrogen (secondary N) is 2. The van der Waals surface area contributed by atoms with Crippen molar-refractivity contribution in [2.24, 2.45) is 4.99 Å². The quantitative estimate of drug-likeness (QED) is 0.461. The van der Waals surface area contributed by atoms with Gasteiger partial charge in [-0.25, -0.2) is 24.3 Å². The van der Waals surface area contributed by atoms with E-state index in [1.807, 2.05) is 0 Å². The minimum absolute atomic E-state index is 0.00775. The first-order valence-electron chi connectivity index (χ1n) is 10.3. The Morgan fingerprint density at radius 1 is 1.18 bits per heavy atom. The van der Waals surface area contributed by atoms with Gasteiger partial charge >= 0.3 is 0 Å². The number of amides is 1. The van der Waals surface area contributed by atoms with Crippen LogP contribution in [0.1, 0.15) is 24.4 Å². The molecule has 0 saturated heterocycles. The number of hydrogen-bond donors (Lipinski definition) is 2. The molecule has 3 heterocycles. The molecular weight excluding hydrogens is 461 g/mol. The highest BCUT2D eigenvalue weighted by molar-refractivity contribution is 6.35. The van der Waals surface area contributed by atoms with Crippen LogP contribution in [0.2, 0.25) is 5.02 Å². The molecule has 1 aliphatic heterocycles. The van der Waals surface area contributed by atoms with Gasteiger partial charge in [-0.2, -0.15) is 0 Å². The minimum Gasteiger partial charge on any atom is -0.360 e.